The van der Waals surface area contributed by atoms with Gasteiger partial charge >= 0.3 is 0 Å². The normalized spacial score (nSPS) is 14.5. The predicted octanol–water partition coefficient (Wildman–Crippen LogP) is 4.57. The monoisotopic (exact) mass is 388 g/mol. The molecule has 5 nitrogen and oxygen atoms in total. The van der Waals surface area contributed by atoms with Crippen molar-refractivity contribution in [3.8, 4) is 22.6 Å². The van der Waals surface area contributed by atoms with E-state index in [1.54, 1.807) is 17.5 Å². The van der Waals surface area contributed by atoms with Crippen molar-refractivity contribution in [2.24, 2.45) is 0 Å². The predicted molar refractivity (Wildman–Crippen MR) is 114 cm³/mol. The number of benzene rings is 1. The standard InChI is InChI=1S/C22H20N4OS/c1-15-18(16-7-3-2-4-8-16)19-21(26-11-13-27-14-12-26)24-20(25-22(19)28-15)17-9-5-6-10-23-17/h2-10H,11-14H2,1H3. The Morgan fingerprint density at radius 2 is 1.75 bits per heavy atom. The van der Waals surface area contributed by atoms with Crippen molar-refractivity contribution in [3.63, 3.8) is 0 Å². The van der Waals surface area contributed by atoms with Gasteiger partial charge in [-0.15, -0.1) is 11.3 Å². The molecule has 0 spiro atoms. The maximum Gasteiger partial charge on any atom is 0.181 e. The van der Waals surface area contributed by atoms with E-state index in [1.807, 2.05) is 24.3 Å². The molecule has 0 aliphatic carbocycles. The lowest BCUT2D eigenvalue weighted by atomic mass is 10.0. The number of ether oxygens (including phenoxy) is 1. The molecule has 1 aromatic carbocycles. The summed E-state index contributed by atoms with van der Waals surface area (Å²) in [6.45, 7) is 5.26. The lowest BCUT2D eigenvalue weighted by molar-refractivity contribution is 0.122. The third kappa shape index (κ3) is 3.04. The molecule has 1 aliphatic rings. The fourth-order valence-corrected chi connectivity index (χ4v) is 4.70. The highest BCUT2D eigenvalue weighted by Gasteiger charge is 2.23. The van der Waals surface area contributed by atoms with Gasteiger partial charge in [-0.25, -0.2) is 9.97 Å². The summed E-state index contributed by atoms with van der Waals surface area (Å²) in [7, 11) is 0. The second-order valence-electron chi connectivity index (χ2n) is 6.76. The van der Waals surface area contributed by atoms with Crippen LogP contribution in [0.5, 0.6) is 0 Å². The van der Waals surface area contributed by atoms with Crippen LogP contribution in [0.1, 0.15) is 4.88 Å². The first kappa shape index (κ1) is 17.3. The topological polar surface area (TPSA) is 51.1 Å². The van der Waals surface area contributed by atoms with Gasteiger partial charge in [-0.1, -0.05) is 36.4 Å². The lowest BCUT2D eigenvalue weighted by Crippen LogP contribution is -2.37. The summed E-state index contributed by atoms with van der Waals surface area (Å²) in [4.78, 5) is 18.9. The third-order valence-electron chi connectivity index (χ3n) is 4.98. The molecular formula is C22H20N4OS. The Kier molecular flexibility index (Phi) is 4.50. The molecule has 0 bridgehead atoms. The van der Waals surface area contributed by atoms with Gasteiger partial charge in [0.25, 0.3) is 0 Å². The summed E-state index contributed by atoms with van der Waals surface area (Å²) < 4.78 is 5.57. The molecule has 0 unspecified atom stereocenters. The van der Waals surface area contributed by atoms with E-state index in [-0.39, 0.29) is 0 Å². The molecule has 1 saturated heterocycles. The van der Waals surface area contributed by atoms with E-state index < -0.39 is 0 Å². The van der Waals surface area contributed by atoms with Gasteiger partial charge in [0.2, 0.25) is 0 Å². The number of anilines is 1. The molecule has 0 amide bonds. The van der Waals surface area contributed by atoms with E-state index in [4.69, 9.17) is 14.7 Å². The minimum absolute atomic E-state index is 0.676. The van der Waals surface area contributed by atoms with Crippen LogP contribution in [0.15, 0.2) is 54.7 Å². The molecule has 0 radical (unpaired) electrons. The number of pyridine rings is 1. The molecule has 0 saturated carbocycles. The van der Waals surface area contributed by atoms with Gasteiger partial charge < -0.3 is 9.64 Å². The van der Waals surface area contributed by atoms with Gasteiger partial charge in [-0.05, 0) is 24.6 Å². The van der Waals surface area contributed by atoms with Gasteiger partial charge in [-0.2, -0.15) is 0 Å². The summed E-state index contributed by atoms with van der Waals surface area (Å²) in [6.07, 6.45) is 1.78. The number of thiophene rings is 1. The number of aromatic nitrogens is 3. The van der Waals surface area contributed by atoms with Crippen molar-refractivity contribution in [2.75, 3.05) is 31.2 Å². The van der Waals surface area contributed by atoms with Gasteiger partial charge in [0.15, 0.2) is 5.82 Å². The molecule has 5 rings (SSSR count). The van der Waals surface area contributed by atoms with Crippen LogP contribution in [-0.2, 0) is 4.74 Å². The van der Waals surface area contributed by atoms with E-state index in [2.05, 4.69) is 41.1 Å². The van der Waals surface area contributed by atoms with Gasteiger partial charge in [-0.3, -0.25) is 4.98 Å². The molecule has 140 valence electrons. The minimum Gasteiger partial charge on any atom is -0.378 e. The summed E-state index contributed by atoms with van der Waals surface area (Å²) in [5.41, 5.74) is 3.23. The molecule has 3 aromatic heterocycles. The molecule has 0 atom stereocenters. The van der Waals surface area contributed by atoms with Crippen molar-refractivity contribution >= 4 is 27.4 Å². The fourth-order valence-electron chi connectivity index (χ4n) is 3.66. The summed E-state index contributed by atoms with van der Waals surface area (Å²) in [6, 6.07) is 16.4. The number of hydrogen-bond donors (Lipinski definition) is 0. The number of hydrogen-bond acceptors (Lipinski definition) is 6. The molecule has 4 heterocycles. The van der Waals surface area contributed by atoms with Crippen molar-refractivity contribution in [1.29, 1.82) is 0 Å². The highest BCUT2D eigenvalue weighted by Crippen LogP contribution is 2.42. The van der Waals surface area contributed by atoms with Crippen molar-refractivity contribution in [1.82, 2.24) is 15.0 Å². The van der Waals surface area contributed by atoms with Crippen LogP contribution >= 0.6 is 11.3 Å². The Hall–Kier alpha value is -2.83. The quantitative estimate of drug-likeness (QED) is 0.515. The highest BCUT2D eigenvalue weighted by molar-refractivity contribution is 7.19. The zero-order chi connectivity index (χ0) is 18.9. The molecule has 28 heavy (non-hydrogen) atoms. The number of fused-ring (bicyclic) bond motifs is 1. The molecule has 4 aromatic rings. The third-order valence-corrected chi connectivity index (χ3v) is 5.97. The minimum atomic E-state index is 0.676. The highest BCUT2D eigenvalue weighted by atomic mass is 32.1. The maximum absolute atomic E-state index is 5.57. The molecule has 0 N–H and O–H groups in total. The smallest absolute Gasteiger partial charge is 0.181 e. The number of rotatable bonds is 3. The van der Waals surface area contributed by atoms with Gasteiger partial charge in [0.05, 0.1) is 18.6 Å². The molecule has 6 heteroatoms. The first-order valence-corrected chi connectivity index (χ1v) is 10.2. The van der Waals surface area contributed by atoms with Crippen LogP contribution in [0, 0.1) is 6.92 Å². The van der Waals surface area contributed by atoms with Crippen LogP contribution in [-0.4, -0.2) is 41.3 Å². The number of morpholine rings is 1. The largest absolute Gasteiger partial charge is 0.378 e. The second-order valence-corrected chi connectivity index (χ2v) is 7.97. The van der Waals surface area contributed by atoms with E-state index in [0.29, 0.717) is 19.0 Å². The van der Waals surface area contributed by atoms with Gasteiger partial charge in [0, 0.05) is 29.7 Å². The van der Waals surface area contributed by atoms with Crippen molar-refractivity contribution in [2.45, 2.75) is 6.92 Å². The Bertz CT molecular complexity index is 1110. The van der Waals surface area contributed by atoms with E-state index in [0.717, 1.165) is 34.8 Å². The Morgan fingerprint density at radius 1 is 0.964 bits per heavy atom. The fraction of sp³-hybridized carbons (Fsp3) is 0.227. The number of nitrogens with zero attached hydrogens (tertiary/aromatic N) is 4. The van der Waals surface area contributed by atoms with E-state index in [1.165, 1.54) is 16.0 Å². The van der Waals surface area contributed by atoms with Crippen LogP contribution in [0.3, 0.4) is 0 Å². The Balaban J connectivity index is 1.78. The Morgan fingerprint density at radius 3 is 2.50 bits per heavy atom. The zero-order valence-corrected chi connectivity index (χ0v) is 16.4. The van der Waals surface area contributed by atoms with Gasteiger partial charge in [0.1, 0.15) is 16.3 Å². The van der Waals surface area contributed by atoms with Crippen LogP contribution < -0.4 is 4.90 Å². The van der Waals surface area contributed by atoms with Crippen molar-refractivity contribution < 1.29 is 4.74 Å². The summed E-state index contributed by atoms with van der Waals surface area (Å²) in [5.74, 6) is 1.66. The summed E-state index contributed by atoms with van der Waals surface area (Å²) in [5, 5.41) is 1.13. The first-order valence-electron chi connectivity index (χ1n) is 9.42. The van der Waals surface area contributed by atoms with E-state index in [9.17, 15) is 0 Å². The molecular weight excluding hydrogens is 368 g/mol. The molecule has 1 aliphatic heterocycles. The number of aryl methyl sites for hydroxylation is 1. The average molecular weight is 388 g/mol. The maximum atomic E-state index is 5.57. The first-order chi connectivity index (χ1) is 13.8. The zero-order valence-electron chi connectivity index (χ0n) is 15.6. The lowest BCUT2D eigenvalue weighted by Gasteiger charge is -2.29. The van der Waals surface area contributed by atoms with Crippen LogP contribution in [0.2, 0.25) is 0 Å². The summed E-state index contributed by atoms with van der Waals surface area (Å²) >= 11 is 1.72. The van der Waals surface area contributed by atoms with E-state index >= 15 is 0 Å². The van der Waals surface area contributed by atoms with Crippen molar-refractivity contribution in [3.05, 3.63) is 59.6 Å². The SMILES string of the molecule is Cc1sc2nc(-c3ccccn3)nc(N3CCOCC3)c2c1-c1ccccc1. The molecule has 1 fully saturated rings. The van der Waals surface area contributed by atoms with Crippen LogP contribution in [0.25, 0.3) is 32.9 Å². The Labute approximate surface area is 167 Å². The second kappa shape index (κ2) is 7.30. The average Bonchev–Trinajstić information content (AvgIpc) is 3.10. The van der Waals surface area contributed by atoms with Crippen LogP contribution in [0.4, 0.5) is 5.82 Å².